The molecule has 0 unspecified atom stereocenters. The minimum atomic E-state index is -5.35. The van der Waals surface area contributed by atoms with Crippen LogP contribution < -0.4 is 296 Å². The molecule has 0 atom stereocenters. The summed E-state index contributed by atoms with van der Waals surface area (Å²) in [4.78, 5) is 0. The van der Waals surface area contributed by atoms with Gasteiger partial charge in [0.05, 0.1) is 0 Å². The predicted octanol–water partition coefficient (Wildman–Crippen LogP) is -31.0. The number of rotatable bonds is 0. The van der Waals surface area contributed by atoms with Crippen molar-refractivity contribution in [1.29, 1.82) is 0 Å². The van der Waals surface area contributed by atoms with E-state index in [2.05, 4.69) is 0 Å². The van der Waals surface area contributed by atoms with Crippen molar-refractivity contribution in [3.8, 4) is 0 Å². The fraction of sp³-hybridized carbons (Fsp3) is 0. The van der Waals surface area contributed by atoms with E-state index in [1.807, 2.05) is 0 Å². The van der Waals surface area contributed by atoms with Gasteiger partial charge in [0.25, 0.3) is 0 Å². The first-order valence-corrected chi connectivity index (χ1v) is 5.25. The normalized spacial score (nSPS) is 3.93. The summed E-state index contributed by atoms with van der Waals surface area (Å²) < 4.78 is 30.8. The van der Waals surface area contributed by atoms with Gasteiger partial charge in [-0.15, -0.1) is 0 Å². The third kappa shape index (κ3) is 113. The SMILES string of the molecule is [H-].[H-].[H-].[H-].[H-].[H-].[H-].[H-].[H-].[H-].[Na+].[Na+].[Na+].[Na+].[Na+].[Na+].[Na+].[Na+].[Na+].[Na+].[O]=[Sb]([OH])([OH])[OH]. The Kier molecular flexibility index (Phi) is 241. The second kappa shape index (κ2) is 49.7. The van der Waals surface area contributed by atoms with Crippen molar-refractivity contribution >= 4 is 20.1 Å². The molecule has 0 radical (unpaired) electrons. The van der Waals surface area contributed by atoms with Crippen LogP contribution in [-0.4, -0.2) is 30.2 Å². The molecular formula is H13Na10O4Sb. The Bertz CT molecular complexity index is 87.8. The van der Waals surface area contributed by atoms with Crippen molar-refractivity contribution in [3.05, 3.63) is 0 Å². The summed E-state index contributed by atoms with van der Waals surface area (Å²) in [5.74, 6) is 0. The van der Waals surface area contributed by atoms with Crippen LogP contribution in [0.4, 0.5) is 0 Å². The molecule has 0 saturated heterocycles. The quantitative estimate of drug-likeness (QED) is 0.335. The molecule has 0 saturated carbocycles. The van der Waals surface area contributed by atoms with Crippen molar-refractivity contribution in [3.63, 3.8) is 0 Å². The molecule has 0 amide bonds. The second-order valence-electron chi connectivity index (χ2n) is 0.513. The van der Waals surface area contributed by atoms with Crippen LogP contribution in [0.1, 0.15) is 14.3 Å². The summed E-state index contributed by atoms with van der Waals surface area (Å²) in [5, 5.41) is 0. The first kappa shape index (κ1) is 72.8. The Hall–Kier alpha value is 10.5. The fourth-order valence-electron chi connectivity index (χ4n) is 0. The van der Waals surface area contributed by atoms with Gasteiger partial charge in [-0.25, -0.2) is 0 Å². The van der Waals surface area contributed by atoms with Gasteiger partial charge in [0.15, 0.2) is 0 Å². The molecule has 0 spiro atoms. The van der Waals surface area contributed by atoms with Crippen molar-refractivity contribution in [2.24, 2.45) is 0 Å². The Morgan fingerprint density at radius 1 is 0.533 bits per heavy atom. The Morgan fingerprint density at radius 3 is 0.533 bits per heavy atom. The maximum atomic E-state index is 8.97. The average Bonchev–Trinajstić information content (AvgIpc) is 0.722. The molecule has 0 aliphatic rings. The maximum absolute atomic E-state index is 8.97. The molecule has 0 aromatic carbocycles. The molecule has 15 heteroatoms. The van der Waals surface area contributed by atoms with E-state index in [1.165, 1.54) is 0 Å². The molecule has 0 fully saturated rings. The van der Waals surface area contributed by atoms with Gasteiger partial charge in [0.1, 0.15) is 0 Å². The van der Waals surface area contributed by atoms with Crippen LogP contribution in [0.5, 0.6) is 0 Å². The molecule has 52 valence electrons. The Balaban J connectivity index is -0.000000000421. The molecule has 3 N–H and O–H groups in total. The monoisotopic (exact) mass is 428 g/mol. The van der Waals surface area contributed by atoms with E-state index in [0.717, 1.165) is 0 Å². The summed E-state index contributed by atoms with van der Waals surface area (Å²) in [5.41, 5.74) is 0. The van der Waals surface area contributed by atoms with E-state index in [0.29, 0.717) is 0 Å². The van der Waals surface area contributed by atoms with E-state index >= 15 is 0 Å². The third-order valence-corrected chi connectivity index (χ3v) is 0. The molecule has 0 bridgehead atoms. The van der Waals surface area contributed by atoms with Gasteiger partial charge in [-0.1, -0.05) is 0 Å². The molecule has 0 heterocycles. The first-order valence-electron chi connectivity index (χ1n) is 0.783. The van der Waals surface area contributed by atoms with E-state index in [4.69, 9.17) is 13.2 Å². The average molecular weight is 429 g/mol. The Labute approximate surface area is 333 Å². The first-order chi connectivity index (χ1) is 2.00. The van der Waals surface area contributed by atoms with Gasteiger partial charge in [0.2, 0.25) is 0 Å². The number of hydrogen-bond donors (Lipinski definition) is 3. The molecule has 0 aromatic heterocycles. The van der Waals surface area contributed by atoms with Crippen molar-refractivity contribution in [2.75, 3.05) is 0 Å². The van der Waals surface area contributed by atoms with Gasteiger partial charge in [-0.3, -0.25) is 0 Å². The van der Waals surface area contributed by atoms with Crippen LogP contribution in [0.15, 0.2) is 0 Å². The summed E-state index contributed by atoms with van der Waals surface area (Å²) in [7, 11) is 0. The summed E-state index contributed by atoms with van der Waals surface area (Å²) >= 11 is -5.35. The molecule has 0 aromatic rings. The second-order valence-corrected chi connectivity index (χ2v) is 3.44. The fourth-order valence-corrected chi connectivity index (χ4v) is 0. The van der Waals surface area contributed by atoms with Crippen LogP contribution in [-0.2, 0) is 3.02 Å². The van der Waals surface area contributed by atoms with E-state index in [9.17, 15) is 0 Å². The zero-order chi connectivity index (χ0) is 4.50. The summed E-state index contributed by atoms with van der Waals surface area (Å²) in [6, 6.07) is 0. The van der Waals surface area contributed by atoms with Crippen molar-refractivity contribution in [2.45, 2.75) is 0 Å². The van der Waals surface area contributed by atoms with Crippen LogP contribution in [0.2, 0.25) is 0 Å². The molecule has 0 aliphatic heterocycles. The zero-order valence-electron chi connectivity index (χ0n) is 22.2. The van der Waals surface area contributed by atoms with Gasteiger partial charge >= 0.3 is 329 Å². The summed E-state index contributed by atoms with van der Waals surface area (Å²) in [6.07, 6.45) is 0. The van der Waals surface area contributed by atoms with Crippen molar-refractivity contribution < 1.29 is 323 Å². The topological polar surface area (TPSA) is 77.8 Å². The van der Waals surface area contributed by atoms with E-state index in [-0.39, 0.29) is 310 Å². The predicted molar refractivity (Wildman–Crippen MR) is 24.2 cm³/mol. The van der Waals surface area contributed by atoms with Crippen LogP contribution in [0, 0.1) is 0 Å². The van der Waals surface area contributed by atoms with Crippen LogP contribution >= 0.6 is 0 Å². The number of hydrogen-bond acceptors (Lipinski definition) is 1. The molecule has 4 nitrogen and oxygen atoms in total. The van der Waals surface area contributed by atoms with Crippen molar-refractivity contribution in [1.82, 2.24) is 0 Å². The van der Waals surface area contributed by atoms with Gasteiger partial charge < -0.3 is 14.3 Å². The summed E-state index contributed by atoms with van der Waals surface area (Å²) in [6.45, 7) is 0. The molecule has 0 aliphatic carbocycles. The van der Waals surface area contributed by atoms with Crippen LogP contribution in [0.3, 0.4) is 0 Å². The van der Waals surface area contributed by atoms with E-state index in [1.54, 1.807) is 0 Å². The minimum absolute atomic E-state index is 0. The van der Waals surface area contributed by atoms with E-state index < -0.39 is 20.1 Å². The zero-order valence-corrected chi connectivity index (χ0v) is 34.7. The molecule has 0 rings (SSSR count). The van der Waals surface area contributed by atoms with Gasteiger partial charge in [-0.2, -0.15) is 0 Å². The third-order valence-electron chi connectivity index (χ3n) is 0. The standard InChI is InChI=1S/10Na.3H2O.O.Sb.10H/h;;;;;;;;;;3*1H2;;;;;;;;;;;;/q10*+1;;;;;+3;10*-1/p-3. The van der Waals surface area contributed by atoms with Gasteiger partial charge in [0, 0.05) is 0 Å². The Morgan fingerprint density at radius 2 is 0.533 bits per heavy atom. The molecule has 15 heavy (non-hydrogen) atoms. The molecular weight excluding hydrogens is 416 g/mol. The van der Waals surface area contributed by atoms with Crippen LogP contribution in [0.25, 0.3) is 0 Å². The van der Waals surface area contributed by atoms with Gasteiger partial charge in [-0.05, 0) is 0 Å².